The summed E-state index contributed by atoms with van der Waals surface area (Å²) in [6.45, 7) is 13.5. The van der Waals surface area contributed by atoms with E-state index in [0.29, 0.717) is 24.3 Å². The Morgan fingerprint density at radius 2 is 1.48 bits per heavy atom. The maximum Gasteiger partial charge on any atom is 0.309 e. The highest BCUT2D eigenvalue weighted by atomic mass is 32.1. The standard InChI is InChI=1S/C42H61N5O6S/c1-11-28(4)36(45-41(52)42(6,7)46(8)9)39(50)47(10)34(27(2)3)24-35(48)38-44-33(26-54-38)37(49)43-32(23-30-18-14-12-15-19-30)22-29(5)40(51)53-25-31-20-16-13-17-21-31/h12-21,26-29,32,34-36,48H,11,22-25H2,1-10H3,(H,43,49)(H,45,52)/t28-,29-,32+,34+,35+,36-/m0/s1. The highest BCUT2D eigenvalue weighted by Gasteiger charge is 2.38. The van der Waals surface area contributed by atoms with Gasteiger partial charge in [0.15, 0.2) is 0 Å². The number of nitrogens with one attached hydrogen (secondary N) is 2. The van der Waals surface area contributed by atoms with Gasteiger partial charge in [0.25, 0.3) is 5.91 Å². The highest BCUT2D eigenvalue weighted by molar-refractivity contribution is 7.09. The molecule has 0 spiro atoms. The lowest BCUT2D eigenvalue weighted by atomic mass is 9.92. The van der Waals surface area contributed by atoms with Crippen molar-refractivity contribution >= 4 is 35.0 Å². The van der Waals surface area contributed by atoms with Crippen molar-refractivity contribution in [3.05, 3.63) is 87.9 Å². The summed E-state index contributed by atoms with van der Waals surface area (Å²) < 4.78 is 5.57. The molecule has 296 valence electrons. The van der Waals surface area contributed by atoms with Crippen molar-refractivity contribution in [2.75, 3.05) is 21.1 Å². The molecule has 2 aromatic carbocycles. The number of rotatable bonds is 20. The quantitative estimate of drug-likeness (QED) is 0.119. The van der Waals surface area contributed by atoms with E-state index in [1.807, 2.05) is 121 Å². The van der Waals surface area contributed by atoms with E-state index in [-0.39, 0.29) is 60.4 Å². The van der Waals surface area contributed by atoms with Crippen LogP contribution in [0.15, 0.2) is 66.0 Å². The molecule has 3 aromatic rings. The number of nitrogens with zero attached hydrogens (tertiary/aromatic N) is 3. The largest absolute Gasteiger partial charge is 0.461 e. The van der Waals surface area contributed by atoms with Crippen molar-refractivity contribution in [2.24, 2.45) is 17.8 Å². The molecule has 0 bridgehead atoms. The molecule has 1 heterocycles. The molecule has 3 N–H and O–H groups in total. The first-order chi connectivity index (χ1) is 25.5. The average Bonchev–Trinajstić information content (AvgIpc) is 3.65. The minimum Gasteiger partial charge on any atom is -0.461 e. The average molecular weight is 764 g/mol. The van der Waals surface area contributed by atoms with Gasteiger partial charge in [-0.25, -0.2) is 4.98 Å². The van der Waals surface area contributed by atoms with Crippen LogP contribution in [0.4, 0.5) is 0 Å². The summed E-state index contributed by atoms with van der Waals surface area (Å²) in [6, 6.07) is 17.7. The number of hydrogen-bond donors (Lipinski definition) is 3. The molecule has 3 amide bonds. The zero-order chi connectivity index (χ0) is 40.2. The molecule has 0 fully saturated rings. The Labute approximate surface area is 325 Å². The van der Waals surface area contributed by atoms with Crippen molar-refractivity contribution in [2.45, 2.75) is 111 Å². The monoisotopic (exact) mass is 763 g/mol. The van der Waals surface area contributed by atoms with Crippen molar-refractivity contribution in [3.63, 3.8) is 0 Å². The molecule has 0 saturated carbocycles. The van der Waals surface area contributed by atoms with E-state index in [1.165, 1.54) is 11.3 Å². The Morgan fingerprint density at radius 3 is 2.04 bits per heavy atom. The molecule has 11 nitrogen and oxygen atoms in total. The zero-order valence-corrected chi connectivity index (χ0v) is 34.5. The first-order valence-corrected chi connectivity index (χ1v) is 19.8. The van der Waals surface area contributed by atoms with Gasteiger partial charge in [0, 0.05) is 30.9 Å². The number of aromatic nitrogens is 1. The summed E-state index contributed by atoms with van der Waals surface area (Å²) >= 11 is 1.18. The maximum absolute atomic E-state index is 14.0. The summed E-state index contributed by atoms with van der Waals surface area (Å²) in [7, 11) is 5.36. The third-order valence-corrected chi connectivity index (χ3v) is 11.4. The Kier molecular flexibility index (Phi) is 16.8. The summed E-state index contributed by atoms with van der Waals surface area (Å²) in [5.74, 6) is -1.83. The van der Waals surface area contributed by atoms with E-state index < -0.39 is 29.5 Å². The Balaban J connectivity index is 1.72. The molecule has 1 aromatic heterocycles. The van der Waals surface area contributed by atoms with Crippen molar-refractivity contribution in [1.29, 1.82) is 0 Å². The van der Waals surface area contributed by atoms with Gasteiger partial charge in [0.1, 0.15) is 29.5 Å². The van der Waals surface area contributed by atoms with Gasteiger partial charge in [0.2, 0.25) is 11.8 Å². The van der Waals surface area contributed by atoms with Crippen LogP contribution < -0.4 is 10.6 Å². The number of thiazole rings is 1. The summed E-state index contributed by atoms with van der Waals surface area (Å²) in [5.41, 5.74) is 1.26. The molecule has 0 aliphatic carbocycles. The first-order valence-electron chi connectivity index (χ1n) is 18.9. The topological polar surface area (TPSA) is 141 Å². The van der Waals surface area contributed by atoms with Gasteiger partial charge >= 0.3 is 5.97 Å². The third kappa shape index (κ3) is 12.5. The second-order valence-electron chi connectivity index (χ2n) is 15.5. The van der Waals surface area contributed by atoms with Gasteiger partial charge in [-0.15, -0.1) is 11.3 Å². The molecule has 54 heavy (non-hydrogen) atoms. The minimum atomic E-state index is -1.04. The number of aliphatic hydroxyl groups is 1. The van der Waals surface area contributed by atoms with Crippen molar-refractivity contribution < 1.29 is 29.0 Å². The molecular weight excluding hydrogens is 703 g/mol. The number of ether oxygens (including phenoxy) is 1. The zero-order valence-electron chi connectivity index (χ0n) is 33.7. The number of likely N-dealkylation sites (N-methyl/N-ethyl adjacent to an activating group) is 2. The first kappa shape index (κ1) is 44.3. The van der Waals surface area contributed by atoms with E-state index in [0.717, 1.165) is 11.1 Å². The fourth-order valence-corrected chi connectivity index (χ4v) is 6.88. The van der Waals surface area contributed by atoms with Crippen LogP contribution in [-0.2, 0) is 32.1 Å². The molecular formula is C42H61N5O6S. The van der Waals surface area contributed by atoms with Crippen LogP contribution in [0.3, 0.4) is 0 Å². The van der Waals surface area contributed by atoms with E-state index in [2.05, 4.69) is 15.6 Å². The Bertz CT molecular complexity index is 1650. The van der Waals surface area contributed by atoms with Gasteiger partial charge in [-0.1, -0.05) is 102 Å². The second kappa shape index (κ2) is 20.5. The Morgan fingerprint density at radius 1 is 0.889 bits per heavy atom. The molecule has 0 saturated heterocycles. The number of hydrogen-bond acceptors (Lipinski definition) is 9. The van der Waals surface area contributed by atoms with Crippen LogP contribution in [0.2, 0.25) is 0 Å². The molecule has 6 atom stereocenters. The number of benzene rings is 2. The molecule has 12 heteroatoms. The predicted molar refractivity (Wildman–Crippen MR) is 214 cm³/mol. The van der Waals surface area contributed by atoms with Crippen LogP contribution in [0.1, 0.15) is 100 Å². The molecule has 0 aliphatic heterocycles. The molecule has 0 unspecified atom stereocenters. The smallest absolute Gasteiger partial charge is 0.309 e. The van der Waals surface area contributed by atoms with E-state index in [4.69, 9.17) is 4.74 Å². The van der Waals surface area contributed by atoms with Gasteiger partial charge in [-0.05, 0) is 63.7 Å². The number of carbonyl (C=O) groups is 4. The summed E-state index contributed by atoms with van der Waals surface area (Å²) in [5, 5.41) is 19.5. The fraction of sp³-hybridized carbons (Fsp3) is 0.548. The Hall–Kier alpha value is -4.13. The van der Waals surface area contributed by atoms with Gasteiger partial charge in [-0.2, -0.15) is 0 Å². The van der Waals surface area contributed by atoms with Crippen LogP contribution in [0.5, 0.6) is 0 Å². The van der Waals surface area contributed by atoms with E-state index >= 15 is 0 Å². The van der Waals surface area contributed by atoms with Crippen molar-refractivity contribution in [3.8, 4) is 0 Å². The lowest BCUT2D eigenvalue weighted by molar-refractivity contribution is -0.149. The molecule has 3 rings (SSSR count). The third-order valence-electron chi connectivity index (χ3n) is 10.5. The van der Waals surface area contributed by atoms with E-state index in [9.17, 15) is 24.3 Å². The van der Waals surface area contributed by atoms with Crippen LogP contribution in [0.25, 0.3) is 0 Å². The number of amides is 3. The lowest BCUT2D eigenvalue weighted by Gasteiger charge is -2.38. The number of aliphatic hydroxyl groups excluding tert-OH is 1. The predicted octanol–water partition coefficient (Wildman–Crippen LogP) is 6.03. The fourth-order valence-electron chi connectivity index (χ4n) is 6.08. The molecule has 0 aliphatic rings. The SMILES string of the molecule is CC[C@H](C)[C@H](NC(=O)C(C)(C)N(C)C)C(=O)N(C)[C@H](C[C@@H](O)c1nc(C(=O)N[C@@H](Cc2ccccc2)C[C@H](C)C(=O)OCc2ccccc2)cs1)C(C)C. The highest BCUT2D eigenvalue weighted by Crippen LogP contribution is 2.28. The van der Waals surface area contributed by atoms with E-state index in [1.54, 1.807) is 24.3 Å². The van der Waals surface area contributed by atoms with Gasteiger partial charge in [-0.3, -0.25) is 24.1 Å². The van der Waals surface area contributed by atoms with Crippen LogP contribution in [0, 0.1) is 17.8 Å². The van der Waals surface area contributed by atoms with Crippen LogP contribution >= 0.6 is 11.3 Å². The van der Waals surface area contributed by atoms with Crippen LogP contribution in [-0.4, -0.2) is 88.4 Å². The number of esters is 1. The van der Waals surface area contributed by atoms with Gasteiger partial charge in [0.05, 0.1) is 11.5 Å². The normalized spacial score (nSPS) is 15.1. The lowest BCUT2D eigenvalue weighted by Crippen LogP contribution is -2.60. The summed E-state index contributed by atoms with van der Waals surface area (Å²) in [4.78, 5) is 61.8. The summed E-state index contributed by atoms with van der Waals surface area (Å²) in [6.07, 6.45) is 0.703. The minimum absolute atomic E-state index is 0.0250. The van der Waals surface area contributed by atoms with Crippen molar-refractivity contribution in [1.82, 2.24) is 25.4 Å². The maximum atomic E-state index is 14.0. The number of carbonyl (C=O) groups excluding carboxylic acids is 4. The van der Waals surface area contributed by atoms with Gasteiger partial charge < -0.3 is 25.4 Å². The molecule has 0 radical (unpaired) electrons. The second-order valence-corrected chi connectivity index (χ2v) is 16.4.